The predicted molar refractivity (Wildman–Crippen MR) is 117 cm³/mol. The van der Waals surface area contributed by atoms with Crippen molar-refractivity contribution in [3.8, 4) is 11.1 Å². The first kappa shape index (κ1) is 21.9. The van der Waals surface area contributed by atoms with Crippen molar-refractivity contribution in [2.24, 2.45) is 0 Å². The van der Waals surface area contributed by atoms with Gasteiger partial charge in [0, 0.05) is 28.0 Å². The van der Waals surface area contributed by atoms with Crippen molar-refractivity contribution < 1.29 is 22.8 Å². The van der Waals surface area contributed by atoms with Crippen LogP contribution >= 0.6 is 23.2 Å². The molecule has 0 aliphatic carbocycles. The van der Waals surface area contributed by atoms with E-state index in [1.54, 1.807) is 59.1 Å². The number of benzene rings is 2. The minimum atomic E-state index is -4.71. The van der Waals surface area contributed by atoms with Crippen LogP contribution in [0.2, 0.25) is 10.0 Å². The first-order valence-corrected chi connectivity index (χ1v) is 9.99. The molecular formula is C23H13Cl2F3N2O2. The number of amides is 1. The Morgan fingerprint density at radius 1 is 0.906 bits per heavy atom. The summed E-state index contributed by atoms with van der Waals surface area (Å²) >= 11 is 11.6. The van der Waals surface area contributed by atoms with Gasteiger partial charge in [-0.15, -0.1) is 0 Å². The van der Waals surface area contributed by atoms with Gasteiger partial charge in [-0.2, -0.15) is 13.2 Å². The van der Waals surface area contributed by atoms with E-state index in [9.17, 15) is 22.8 Å². The molecule has 2 heterocycles. The average Bonchev–Trinajstić information content (AvgIpc) is 3.13. The lowest BCUT2D eigenvalue weighted by Gasteiger charge is -2.12. The summed E-state index contributed by atoms with van der Waals surface area (Å²) in [6.07, 6.45) is -3.08. The molecule has 0 aliphatic heterocycles. The number of hydrogen-bond donors (Lipinski definition) is 1. The van der Waals surface area contributed by atoms with Gasteiger partial charge in [0.1, 0.15) is 5.69 Å². The molecule has 0 saturated carbocycles. The molecule has 162 valence electrons. The molecule has 4 nitrogen and oxygen atoms in total. The zero-order chi connectivity index (χ0) is 23.0. The largest absolute Gasteiger partial charge is 0.417 e. The van der Waals surface area contributed by atoms with Crippen molar-refractivity contribution in [2.45, 2.75) is 6.18 Å². The number of nitrogens with zero attached hydrogens (tertiary/aromatic N) is 1. The summed E-state index contributed by atoms with van der Waals surface area (Å²) < 4.78 is 40.9. The van der Waals surface area contributed by atoms with Crippen molar-refractivity contribution in [1.82, 2.24) is 4.40 Å². The number of ketones is 1. The highest BCUT2D eigenvalue weighted by Gasteiger charge is 2.34. The summed E-state index contributed by atoms with van der Waals surface area (Å²) in [6, 6.07) is 16.6. The van der Waals surface area contributed by atoms with E-state index < -0.39 is 28.5 Å². The highest BCUT2D eigenvalue weighted by molar-refractivity contribution is 6.47. The fraction of sp³-hybridized carbons (Fsp3) is 0.0435. The molecule has 4 aromatic rings. The van der Waals surface area contributed by atoms with Crippen LogP contribution in [0, 0.1) is 0 Å². The lowest BCUT2D eigenvalue weighted by atomic mass is 10.0. The van der Waals surface area contributed by atoms with E-state index in [0.717, 1.165) is 6.07 Å². The van der Waals surface area contributed by atoms with E-state index in [0.29, 0.717) is 27.7 Å². The van der Waals surface area contributed by atoms with Gasteiger partial charge in [0.2, 0.25) is 0 Å². The molecular weight excluding hydrogens is 464 g/mol. The quantitative estimate of drug-likeness (QED) is 0.261. The maximum absolute atomic E-state index is 13.1. The zero-order valence-electron chi connectivity index (χ0n) is 16.1. The highest BCUT2D eigenvalue weighted by atomic mass is 35.5. The molecule has 0 spiro atoms. The topological polar surface area (TPSA) is 50.6 Å². The summed E-state index contributed by atoms with van der Waals surface area (Å²) in [5, 5.41) is 2.24. The Hall–Kier alpha value is -3.29. The zero-order valence-corrected chi connectivity index (χ0v) is 17.6. The molecule has 32 heavy (non-hydrogen) atoms. The van der Waals surface area contributed by atoms with Crippen LogP contribution in [0.4, 0.5) is 18.9 Å². The number of hydrogen-bond acceptors (Lipinski definition) is 2. The normalized spacial score (nSPS) is 11.5. The van der Waals surface area contributed by atoms with Gasteiger partial charge in [-0.3, -0.25) is 9.59 Å². The summed E-state index contributed by atoms with van der Waals surface area (Å²) in [7, 11) is 0. The molecule has 9 heteroatoms. The molecule has 0 fully saturated rings. The first-order chi connectivity index (χ1) is 15.1. The fourth-order valence-corrected chi connectivity index (χ4v) is 3.67. The van der Waals surface area contributed by atoms with Gasteiger partial charge in [-0.25, -0.2) is 0 Å². The number of aromatic nitrogens is 1. The van der Waals surface area contributed by atoms with E-state index in [4.69, 9.17) is 23.2 Å². The van der Waals surface area contributed by atoms with Gasteiger partial charge in [0.15, 0.2) is 0 Å². The van der Waals surface area contributed by atoms with Crippen LogP contribution in [-0.4, -0.2) is 16.1 Å². The molecule has 4 rings (SSSR count). The van der Waals surface area contributed by atoms with Crippen molar-refractivity contribution in [1.29, 1.82) is 0 Å². The Morgan fingerprint density at radius 2 is 1.62 bits per heavy atom. The molecule has 0 radical (unpaired) electrons. The van der Waals surface area contributed by atoms with Crippen molar-refractivity contribution in [3.63, 3.8) is 0 Å². The Labute approximate surface area is 190 Å². The second-order valence-corrected chi connectivity index (χ2v) is 7.73. The number of halogens is 5. The van der Waals surface area contributed by atoms with Crippen LogP contribution in [0.15, 0.2) is 72.9 Å². The number of anilines is 1. The highest BCUT2D eigenvalue weighted by Crippen LogP contribution is 2.36. The lowest BCUT2D eigenvalue weighted by molar-refractivity contribution is -0.137. The van der Waals surface area contributed by atoms with E-state index in [1.165, 1.54) is 6.07 Å². The number of Topliss-reactive ketones (excluding diaryl/α,β-unsaturated/α-hetero) is 1. The number of carbonyl (C=O) groups excluding carboxylic acids is 2. The number of nitrogens with one attached hydrogen (secondary N) is 1. The van der Waals surface area contributed by atoms with Crippen LogP contribution in [-0.2, 0) is 11.0 Å². The van der Waals surface area contributed by atoms with Gasteiger partial charge in [-0.05, 0) is 54.1 Å². The van der Waals surface area contributed by atoms with Gasteiger partial charge in [0.05, 0.1) is 10.6 Å². The number of fused-ring (bicyclic) bond motifs is 1. The van der Waals surface area contributed by atoms with E-state index in [-0.39, 0.29) is 11.4 Å². The fourth-order valence-electron chi connectivity index (χ4n) is 3.32. The summed E-state index contributed by atoms with van der Waals surface area (Å²) in [6.45, 7) is 0. The predicted octanol–water partition coefficient (Wildman–Crippen LogP) is 6.75. The maximum Gasteiger partial charge on any atom is 0.417 e. The minimum Gasteiger partial charge on any atom is -0.319 e. The molecule has 1 amide bonds. The van der Waals surface area contributed by atoms with Crippen LogP contribution in [0.25, 0.3) is 16.6 Å². The first-order valence-electron chi connectivity index (χ1n) is 9.23. The van der Waals surface area contributed by atoms with E-state index >= 15 is 0 Å². The Bertz CT molecular complexity index is 1350. The van der Waals surface area contributed by atoms with Gasteiger partial charge in [0.25, 0.3) is 11.7 Å². The number of carbonyl (C=O) groups is 2. The smallest absolute Gasteiger partial charge is 0.319 e. The Kier molecular flexibility index (Phi) is 5.71. The molecule has 0 aliphatic rings. The van der Waals surface area contributed by atoms with Gasteiger partial charge in [-0.1, -0.05) is 41.4 Å². The van der Waals surface area contributed by atoms with Crippen LogP contribution < -0.4 is 5.32 Å². The third kappa shape index (κ3) is 4.22. The molecule has 0 bridgehead atoms. The standard InChI is InChI=1S/C23H13Cl2F3N2O2/c24-14-6-4-13(5-7-14)17-12-16-3-1-2-10-30(16)20(17)21(31)22(32)29-15-8-9-19(25)18(11-15)23(26,27)28/h1-12H,(H,29,32). The second-order valence-electron chi connectivity index (χ2n) is 6.88. The second kappa shape index (κ2) is 8.33. The molecule has 2 aromatic heterocycles. The molecule has 1 N–H and O–H groups in total. The van der Waals surface area contributed by atoms with Gasteiger partial charge >= 0.3 is 6.18 Å². The molecule has 0 unspecified atom stereocenters. The lowest BCUT2D eigenvalue weighted by Crippen LogP contribution is -2.25. The van der Waals surface area contributed by atoms with E-state index in [1.807, 2.05) is 0 Å². The minimum absolute atomic E-state index is 0.0745. The SMILES string of the molecule is O=C(Nc1ccc(Cl)c(C(F)(F)F)c1)C(=O)c1c(-c2ccc(Cl)cc2)cc2ccccn12. The van der Waals surface area contributed by atoms with E-state index in [2.05, 4.69) is 5.32 Å². The van der Waals surface area contributed by atoms with Crippen LogP contribution in [0.3, 0.4) is 0 Å². The Balaban J connectivity index is 1.73. The molecule has 0 atom stereocenters. The number of pyridine rings is 1. The Morgan fingerprint density at radius 3 is 2.31 bits per heavy atom. The monoisotopic (exact) mass is 476 g/mol. The summed E-state index contributed by atoms with van der Waals surface area (Å²) in [5.41, 5.74) is 0.568. The van der Waals surface area contributed by atoms with Crippen molar-refractivity contribution in [2.75, 3.05) is 5.32 Å². The molecule has 2 aromatic carbocycles. The van der Waals surface area contributed by atoms with Gasteiger partial charge < -0.3 is 9.72 Å². The summed E-state index contributed by atoms with van der Waals surface area (Å²) in [5.74, 6) is -2.00. The third-order valence-electron chi connectivity index (χ3n) is 4.79. The summed E-state index contributed by atoms with van der Waals surface area (Å²) in [4.78, 5) is 25.9. The average molecular weight is 477 g/mol. The van der Waals surface area contributed by atoms with Crippen LogP contribution in [0.5, 0.6) is 0 Å². The van der Waals surface area contributed by atoms with Crippen molar-refractivity contribution >= 4 is 46.1 Å². The van der Waals surface area contributed by atoms with Crippen LogP contribution in [0.1, 0.15) is 16.1 Å². The molecule has 0 saturated heterocycles. The number of rotatable bonds is 4. The van der Waals surface area contributed by atoms with Crippen molar-refractivity contribution in [3.05, 3.63) is 94.2 Å². The number of alkyl halides is 3. The maximum atomic E-state index is 13.1. The third-order valence-corrected chi connectivity index (χ3v) is 5.37.